The van der Waals surface area contributed by atoms with Gasteiger partial charge < -0.3 is 15.5 Å². The van der Waals surface area contributed by atoms with Crippen molar-refractivity contribution >= 4 is 29.5 Å². The molecule has 0 bridgehead atoms. The van der Waals surface area contributed by atoms with Crippen LogP contribution >= 0.6 is 11.6 Å². The summed E-state index contributed by atoms with van der Waals surface area (Å²) in [4.78, 5) is 46.3. The number of halogens is 1. The molecule has 1 aliphatic heterocycles. The molecule has 1 aromatic carbocycles. The lowest BCUT2D eigenvalue weighted by Gasteiger charge is -2.35. The van der Waals surface area contributed by atoms with E-state index in [1.165, 1.54) is 6.92 Å². The quantitative estimate of drug-likeness (QED) is 0.736. The molecule has 1 aliphatic rings. The van der Waals surface area contributed by atoms with Crippen molar-refractivity contribution in [3.8, 4) is 0 Å². The van der Waals surface area contributed by atoms with E-state index in [1.54, 1.807) is 43.6 Å². The minimum Gasteiger partial charge on any atom is -0.352 e. The number of benzene rings is 1. The number of hydroxylamine groups is 2. The lowest BCUT2D eigenvalue weighted by Crippen LogP contribution is -2.50. The highest BCUT2D eigenvalue weighted by molar-refractivity contribution is 6.30. The van der Waals surface area contributed by atoms with E-state index in [0.717, 1.165) is 10.6 Å². The summed E-state index contributed by atoms with van der Waals surface area (Å²) in [5, 5.41) is 6.73. The number of hydrogen-bond acceptors (Lipinski definition) is 5. The van der Waals surface area contributed by atoms with Gasteiger partial charge in [0.1, 0.15) is 6.04 Å². The molecule has 8 nitrogen and oxygen atoms in total. The molecular formula is C21H21ClN4O4. The Balaban J connectivity index is 1.89. The fraction of sp³-hybridized carbons (Fsp3) is 0.238. The van der Waals surface area contributed by atoms with Crippen LogP contribution in [0.2, 0.25) is 5.02 Å². The van der Waals surface area contributed by atoms with Gasteiger partial charge >= 0.3 is 12.0 Å². The fourth-order valence-electron chi connectivity index (χ4n) is 3.19. The Morgan fingerprint density at radius 2 is 2.00 bits per heavy atom. The second-order valence-electron chi connectivity index (χ2n) is 6.70. The zero-order valence-corrected chi connectivity index (χ0v) is 17.3. The van der Waals surface area contributed by atoms with Gasteiger partial charge in [0.2, 0.25) is 0 Å². The summed E-state index contributed by atoms with van der Waals surface area (Å²) in [6.07, 6.45) is 3.99. The van der Waals surface area contributed by atoms with Crippen molar-refractivity contribution in [3.63, 3.8) is 0 Å². The lowest BCUT2D eigenvalue weighted by molar-refractivity contribution is -0.181. The van der Waals surface area contributed by atoms with Crippen molar-refractivity contribution in [1.82, 2.24) is 20.7 Å². The van der Waals surface area contributed by atoms with Crippen LogP contribution in [0.25, 0.3) is 0 Å². The summed E-state index contributed by atoms with van der Waals surface area (Å²) in [6, 6.07) is 8.86. The maximum Gasteiger partial charge on any atom is 0.355 e. The highest BCUT2D eigenvalue weighted by Gasteiger charge is 2.40. The molecular weight excluding hydrogens is 408 g/mol. The van der Waals surface area contributed by atoms with E-state index in [4.69, 9.17) is 16.4 Å². The van der Waals surface area contributed by atoms with Crippen molar-refractivity contribution in [1.29, 1.82) is 0 Å². The Hall–Kier alpha value is -3.39. The van der Waals surface area contributed by atoms with Crippen molar-refractivity contribution in [3.05, 3.63) is 76.2 Å². The average molecular weight is 429 g/mol. The van der Waals surface area contributed by atoms with Crippen LogP contribution in [0, 0.1) is 0 Å². The van der Waals surface area contributed by atoms with Gasteiger partial charge in [-0.1, -0.05) is 23.7 Å². The molecule has 0 aliphatic carbocycles. The van der Waals surface area contributed by atoms with E-state index in [9.17, 15) is 14.4 Å². The van der Waals surface area contributed by atoms with Gasteiger partial charge in [0, 0.05) is 36.6 Å². The van der Waals surface area contributed by atoms with E-state index in [1.807, 2.05) is 12.1 Å². The van der Waals surface area contributed by atoms with Crippen molar-refractivity contribution < 1.29 is 19.2 Å². The predicted molar refractivity (Wildman–Crippen MR) is 110 cm³/mol. The maximum absolute atomic E-state index is 13.1. The first-order chi connectivity index (χ1) is 14.4. The number of allylic oxidation sites excluding steroid dienone is 1. The minimum atomic E-state index is -0.942. The van der Waals surface area contributed by atoms with Crippen LogP contribution < -0.4 is 10.6 Å². The fourth-order valence-corrected chi connectivity index (χ4v) is 3.39. The summed E-state index contributed by atoms with van der Waals surface area (Å²) in [5.41, 5.74) is 2.20. The second kappa shape index (κ2) is 9.41. The molecule has 0 spiro atoms. The van der Waals surface area contributed by atoms with Crippen LogP contribution in [-0.4, -0.2) is 34.5 Å². The van der Waals surface area contributed by atoms with Gasteiger partial charge in [-0.05, 0) is 48.7 Å². The summed E-state index contributed by atoms with van der Waals surface area (Å²) in [7, 11) is 0. The van der Waals surface area contributed by atoms with Gasteiger partial charge in [-0.3, -0.25) is 14.6 Å². The molecule has 0 saturated heterocycles. The molecule has 156 valence electrons. The largest absolute Gasteiger partial charge is 0.355 e. The van der Waals surface area contributed by atoms with Crippen LogP contribution in [-0.2, 0) is 20.8 Å². The Morgan fingerprint density at radius 1 is 1.27 bits per heavy atom. The van der Waals surface area contributed by atoms with Crippen LogP contribution in [0.3, 0.4) is 0 Å². The molecule has 1 aromatic heterocycles. The third-order valence-electron chi connectivity index (χ3n) is 4.49. The van der Waals surface area contributed by atoms with Gasteiger partial charge in [-0.2, -0.15) is 0 Å². The third kappa shape index (κ3) is 4.96. The molecule has 0 radical (unpaired) electrons. The first-order valence-electron chi connectivity index (χ1n) is 9.29. The molecule has 1 unspecified atom stereocenters. The first-order valence-corrected chi connectivity index (χ1v) is 9.66. The van der Waals surface area contributed by atoms with Crippen LogP contribution in [0.15, 0.2) is 60.1 Å². The number of pyridine rings is 1. The Morgan fingerprint density at radius 3 is 2.67 bits per heavy atom. The van der Waals surface area contributed by atoms with E-state index in [-0.39, 0.29) is 11.5 Å². The van der Waals surface area contributed by atoms with Crippen molar-refractivity contribution in [2.75, 3.05) is 6.54 Å². The minimum absolute atomic E-state index is 0.257. The second-order valence-corrected chi connectivity index (χ2v) is 7.13. The molecule has 2 heterocycles. The van der Waals surface area contributed by atoms with Crippen molar-refractivity contribution in [2.45, 2.75) is 26.3 Å². The summed E-state index contributed by atoms with van der Waals surface area (Å²) < 4.78 is 0. The summed E-state index contributed by atoms with van der Waals surface area (Å²) in [5.74, 6) is -1.07. The molecule has 3 rings (SSSR count). The highest BCUT2D eigenvalue weighted by Crippen LogP contribution is 2.35. The van der Waals surface area contributed by atoms with Crippen molar-refractivity contribution in [2.24, 2.45) is 0 Å². The number of amides is 3. The molecule has 0 saturated carbocycles. The number of hydrogen-bond donors (Lipinski definition) is 2. The van der Waals surface area contributed by atoms with Gasteiger partial charge in [0.25, 0.3) is 5.91 Å². The maximum atomic E-state index is 13.1. The number of carbonyl (C=O) groups is 3. The number of carbonyl (C=O) groups excluding carboxylic acids is 3. The Labute approximate surface area is 178 Å². The van der Waals surface area contributed by atoms with E-state index in [0.29, 0.717) is 29.2 Å². The predicted octanol–water partition coefficient (Wildman–Crippen LogP) is 2.91. The normalized spacial score (nSPS) is 16.2. The smallest absolute Gasteiger partial charge is 0.352 e. The SMILES string of the molecule is CC(=O)ON1C(=O)NC(C)=C(C(=O)NCCc2ccncc2)C1c1cccc(Cl)c1. The monoisotopic (exact) mass is 428 g/mol. The third-order valence-corrected chi connectivity index (χ3v) is 4.73. The molecule has 30 heavy (non-hydrogen) atoms. The zero-order valence-electron chi connectivity index (χ0n) is 16.5. The molecule has 0 fully saturated rings. The number of aromatic nitrogens is 1. The van der Waals surface area contributed by atoms with E-state index in [2.05, 4.69) is 15.6 Å². The van der Waals surface area contributed by atoms with Gasteiger partial charge in [0.05, 0.1) is 5.57 Å². The van der Waals surface area contributed by atoms with Gasteiger partial charge in [-0.25, -0.2) is 4.79 Å². The van der Waals surface area contributed by atoms with Gasteiger partial charge in [-0.15, -0.1) is 5.06 Å². The van der Waals surface area contributed by atoms with Gasteiger partial charge in [0.15, 0.2) is 0 Å². The molecule has 9 heteroatoms. The molecule has 1 atom stereocenters. The highest BCUT2D eigenvalue weighted by atomic mass is 35.5. The molecule has 2 aromatic rings. The average Bonchev–Trinajstić information content (AvgIpc) is 2.70. The summed E-state index contributed by atoms with van der Waals surface area (Å²) >= 11 is 6.12. The summed E-state index contributed by atoms with van der Waals surface area (Å²) in [6.45, 7) is 3.18. The first kappa shape index (κ1) is 21.3. The number of nitrogens with one attached hydrogen (secondary N) is 2. The topological polar surface area (TPSA) is 101 Å². The number of urea groups is 1. The van der Waals surface area contributed by atoms with Crippen LogP contribution in [0.4, 0.5) is 4.79 Å². The van der Waals surface area contributed by atoms with Crippen LogP contribution in [0.1, 0.15) is 31.0 Å². The Bertz CT molecular complexity index is 994. The van der Waals surface area contributed by atoms with E-state index >= 15 is 0 Å². The Kier molecular flexibility index (Phi) is 6.68. The van der Waals surface area contributed by atoms with E-state index < -0.39 is 18.0 Å². The zero-order chi connectivity index (χ0) is 21.7. The van der Waals surface area contributed by atoms with Crippen LogP contribution in [0.5, 0.6) is 0 Å². The molecule has 3 amide bonds. The standard InChI is InChI=1S/C21H21ClN4O4/c1-13-18(20(28)24-11-8-15-6-9-23-10-7-15)19(16-4-3-5-17(22)12-16)26(21(29)25-13)30-14(2)27/h3-7,9-10,12,19H,8,11H2,1-2H3,(H,24,28)(H,25,29). The number of rotatable bonds is 6. The number of nitrogens with zero attached hydrogens (tertiary/aromatic N) is 2. The lowest BCUT2D eigenvalue weighted by atomic mass is 9.94. The molecule has 2 N–H and O–H groups in total.